The largest absolute Gasteiger partial charge is 0.452 e. The first-order valence-electron chi connectivity index (χ1n) is 10.1. The topological polar surface area (TPSA) is 92.8 Å². The average molecular weight is 509 g/mol. The number of piperidine rings is 1. The van der Waals surface area contributed by atoms with Crippen LogP contribution in [0.25, 0.3) is 0 Å². The highest BCUT2D eigenvalue weighted by Crippen LogP contribution is 2.21. The average Bonchev–Trinajstić information content (AvgIpc) is 2.78. The fourth-order valence-electron chi connectivity index (χ4n) is 3.35. The van der Waals surface area contributed by atoms with Gasteiger partial charge < -0.3 is 10.1 Å². The fraction of sp³-hybridized carbons (Fsp3) is 0.364. The quantitative estimate of drug-likeness (QED) is 0.576. The monoisotopic (exact) mass is 508 g/mol. The molecule has 9 heteroatoms. The van der Waals surface area contributed by atoms with E-state index in [9.17, 15) is 18.0 Å². The van der Waals surface area contributed by atoms with E-state index >= 15 is 0 Å². The first-order valence-corrected chi connectivity index (χ1v) is 12.3. The van der Waals surface area contributed by atoms with Gasteiger partial charge in [0.1, 0.15) is 0 Å². The van der Waals surface area contributed by atoms with Crippen molar-refractivity contribution in [3.8, 4) is 0 Å². The van der Waals surface area contributed by atoms with Gasteiger partial charge in [0.2, 0.25) is 10.0 Å². The van der Waals surface area contributed by atoms with Crippen molar-refractivity contribution in [3.63, 3.8) is 0 Å². The second-order valence-electron chi connectivity index (χ2n) is 7.41. The van der Waals surface area contributed by atoms with E-state index in [0.29, 0.717) is 13.1 Å². The number of nitrogens with one attached hydrogen (secondary N) is 1. The molecule has 166 valence electrons. The Balaban J connectivity index is 1.53. The van der Waals surface area contributed by atoms with Gasteiger partial charge in [-0.05, 0) is 61.7 Å². The lowest BCUT2D eigenvalue weighted by atomic mass is 10.1. The standard InChI is InChI=1S/C22H25BrN2O5S/c1-16(17-5-9-19(23)10-6-17)24-21(26)15-30-22(27)18-7-11-20(12-8-18)31(28,29)25-13-3-2-4-14-25/h5-12,16H,2-4,13-15H2,1H3,(H,24,26)/t16-/m1/s1. The molecule has 31 heavy (non-hydrogen) atoms. The Morgan fingerprint density at radius 1 is 1.03 bits per heavy atom. The van der Waals surface area contributed by atoms with E-state index in [1.807, 2.05) is 31.2 Å². The van der Waals surface area contributed by atoms with Gasteiger partial charge in [-0.2, -0.15) is 4.31 Å². The van der Waals surface area contributed by atoms with Crippen LogP contribution in [0.1, 0.15) is 48.1 Å². The zero-order valence-electron chi connectivity index (χ0n) is 17.2. The van der Waals surface area contributed by atoms with Crippen LogP contribution in [0.5, 0.6) is 0 Å². The summed E-state index contributed by atoms with van der Waals surface area (Å²) in [7, 11) is -3.56. The Labute approximate surface area is 191 Å². The van der Waals surface area contributed by atoms with Crippen LogP contribution < -0.4 is 5.32 Å². The van der Waals surface area contributed by atoms with E-state index in [1.54, 1.807) is 0 Å². The van der Waals surface area contributed by atoms with Gasteiger partial charge in [-0.3, -0.25) is 4.79 Å². The minimum absolute atomic E-state index is 0.145. The molecule has 1 N–H and O–H groups in total. The Morgan fingerprint density at radius 3 is 2.26 bits per heavy atom. The molecule has 1 aliphatic rings. The number of esters is 1. The van der Waals surface area contributed by atoms with Crippen molar-refractivity contribution in [1.29, 1.82) is 0 Å². The van der Waals surface area contributed by atoms with Crippen molar-refractivity contribution in [2.24, 2.45) is 0 Å². The molecule has 0 aliphatic carbocycles. The zero-order valence-corrected chi connectivity index (χ0v) is 19.6. The van der Waals surface area contributed by atoms with Crippen LogP contribution in [-0.4, -0.2) is 44.3 Å². The maximum Gasteiger partial charge on any atom is 0.338 e. The minimum Gasteiger partial charge on any atom is -0.452 e. The normalized spacial score (nSPS) is 15.8. The van der Waals surface area contributed by atoms with Gasteiger partial charge >= 0.3 is 5.97 Å². The van der Waals surface area contributed by atoms with Gasteiger partial charge in [0, 0.05) is 17.6 Å². The molecule has 2 aromatic rings. The summed E-state index contributed by atoms with van der Waals surface area (Å²) in [6.45, 7) is 2.44. The Morgan fingerprint density at radius 2 is 1.65 bits per heavy atom. The van der Waals surface area contributed by atoms with Gasteiger partial charge in [-0.25, -0.2) is 13.2 Å². The molecule has 0 aromatic heterocycles. The van der Waals surface area contributed by atoms with E-state index in [1.165, 1.54) is 28.6 Å². The molecule has 0 unspecified atom stereocenters. The molecule has 3 rings (SSSR count). The number of ether oxygens (including phenoxy) is 1. The SMILES string of the molecule is C[C@@H](NC(=O)COC(=O)c1ccc(S(=O)(=O)N2CCCCC2)cc1)c1ccc(Br)cc1. The van der Waals surface area contributed by atoms with Gasteiger partial charge in [0.05, 0.1) is 16.5 Å². The lowest BCUT2D eigenvalue weighted by Crippen LogP contribution is -2.35. The van der Waals surface area contributed by atoms with Crippen molar-refractivity contribution in [1.82, 2.24) is 9.62 Å². The summed E-state index contributed by atoms with van der Waals surface area (Å²) < 4.78 is 32.8. The molecule has 1 saturated heterocycles. The molecule has 2 aromatic carbocycles. The molecule has 1 amide bonds. The highest BCUT2D eigenvalue weighted by atomic mass is 79.9. The summed E-state index contributed by atoms with van der Waals surface area (Å²) in [5.74, 6) is -1.11. The van der Waals surface area contributed by atoms with Gasteiger partial charge in [-0.1, -0.05) is 34.5 Å². The minimum atomic E-state index is -3.56. The van der Waals surface area contributed by atoms with Crippen LogP contribution in [0.2, 0.25) is 0 Å². The molecular weight excluding hydrogens is 484 g/mol. The van der Waals surface area contributed by atoms with Crippen LogP contribution in [-0.2, 0) is 19.6 Å². The van der Waals surface area contributed by atoms with Crippen molar-refractivity contribution < 1.29 is 22.7 Å². The molecular formula is C22H25BrN2O5S. The Bertz CT molecular complexity index is 1020. The number of halogens is 1. The molecule has 0 radical (unpaired) electrons. The van der Waals surface area contributed by atoms with E-state index in [0.717, 1.165) is 29.3 Å². The van der Waals surface area contributed by atoms with E-state index in [2.05, 4.69) is 21.2 Å². The van der Waals surface area contributed by atoms with Crippen LogP contribution >= 0.6 is 15.9 Å². The molecule has 1 atom stereocenters. The smallest absolute Gasteiger partial charge is 0.338 e. The summed E-state index contributed by atoms with van der Waals surface area (Å²) in [4.78, 5) is 24.5. The number of benzene rings is 2. The van der Waals surface area contributed by atoms with Crippen LogP contribution in [0.4, 0.5) is 0 Å². The number of carbonyl (C=O) groups excluding carboxylic acids is 2. The van der Waals surface area contributed by atoms with Gasteiger partial charge in [0.15, 0.2) is 6.61 Å². The second kappa shape index (κ2) is 10.4. The molecule has 1 aliphatic heterocycles. The third-order valence-electron chi connectivity index (χ3n) is 5.12. The molecule has 7 nitrogen and oxygen atoms in total. The Hall–Kier alpha value is -2.23. The third-order valence-corrected chi connectivity index (χ3v) is 7.57. The maximum atomic E-state index is 12.7. The van der Waals surface area contributed by atoms with Crippen LogP contribution in [0, 0.1) is 0 Å². The van der Waals surface area contributed by atoms with Crippen molar-refractivity contribution >= 4 is 37.8 Å². The van der Waals surface area contributed by atoms with Gasteiger partial charge in [-0.15, -0.1) is 0 Å². The first-order chi connectivity index (χ1) is 14.8. The predicted octanol–water partition coefficient (Wildman–Crippen LogP) is 3.66. The number of carbonyl (C=O) groups is 2. The molecule has 1 heterocycles. The summed E-state index contributed by atoms with van der Waals surface area (Å²) >= 11 is 3.36. The molecule has 0 saturated carbocycles. The van der Waals surface area contributed by atoms with Gasteiger partial charge in [0.25, 0.3) is 5.91 Å². The highest BCUT2D eigenvalue weighted by Gasteiger charge is 2.26. The second-order valence-corrected chi connectivity index (χ2v) is 10.3. The van der Waals surface area contributed by atoms with Crippen LogP contribution in [0.15, 0.2) is 57.9 Å². The summed E-state index contributed by atoms with van der Waals surface area (Å²) in [5.41, 5.74) is 1.11. The molecule has 1 fully saturated rings. The number of nitrogens with zero attached hydrogens (tertiary/aromatic N) is 1. The fourth-order valence-corrected chi connectivity index (χ4v) is 5.13. The third kappa shape index (κ3) is 6.15. The number of amides is 1. The molecule has 0 bridgehead atoms. The van der Waals surface area contributed by atoms with E-state index < -0.39 is 28.5 Å². The molecule has 0 spiro atoms. The first kappa shape index (κ1) is 23.4. The number of hydrogen-bond donors (Lipinski definition) is 1. The summed E-state index contributed by atoms with van der Waals surface area (Å²) in [6, 6.07) is 12.9. The van der Waals surface area contributed by atoms with E-state index in [4.69, 9.17) is 4.74 Å². The lowest BCUT2D eigenvalue weighted by molar-refractivity contribution is -0.124. The van der Waals surface area contributed by atoms with Crippen molar-refractivity contribution in [2.75, 3.05) is 19.7 Å². The number of sulfonamides is 1. The van der Waals surface area contributed by atoms with E-state index in [-0.39, 0.29) is 16.5 Å². The number of rotatable bonds is 7. The zero-order chi connectivity index (χ0) is 22.4. The van der Waals surface area contributed by atoms with Crippen molar-refractivity contribution in [3.05, 3.63) is 64.1 Å². The summed E-state index contributed by atoms with van der Waals surface area (Å²) in [6.07, 6.45) is 2.74. The van der Waals surface area contributed by atoms with Crippen LogP contribution in [0.3, 0.4) is 0 Å². The van der Waals surface area contributed by atoms with Crippen molar-refractivity contribution in [2.45, 2.75) is 37.1 Å². The lowest BCUT2D eigenvalue weighted by Gasteiger charge is -2.25. The number of hydrogen-bond acceptors (Lipinski definition) is 5. The predicted molar refractivity (Wildman–Crippen MR) is 120 cm³/mol. The maximum absolute atomic E-state index is 12.7. The highest BCUT2D eigenvalue weighted by molar-refractivity contribution is 9.10. The summed E-state index contributed by atoms with van der Waals surface area (Å²) in [5, 5.41) is 2.77. The Kier molecular flexibility index (Phi) is 7.85.